The molecule has 0 aliphatic heterocycles. The van der Waals surface area contributed by atoms with Crippen molar-refractivity contribution in [3.63, 3.8) is 0 Å². The number of nitrogens with one attached hydrogen (secondary N) is 2. The number of hydrogen-bond donors (Lipinski definition) is 2. The first kappa shape index (κ1) is 17.5. The van der Waals surface area contributed by atoms with Crippen molar-refractivity contribution in [2.24, 2.45) is 0 Å². The number of carbonyl (C=O) groups excluding carboxylic acids is 1. The van der Waals surface area contributed by atoms with Crippen LogP contribution in [0.4, 0.5) is 10.2 Å². The molecular formula is C20H19FN4O. The van der Waals surface area contributed by atoms with Gasteiger partial charge in [0.1, 0.15) is 17.3 Å². The van der Waals surface area contributed by atoms with Gasteiger partial charge in [0.05, 0.1) is 12.4 Å². The maximum Gasteiger partial charge on any atom is 0.271 e. The molecule has 0 atom stereocenters. The molecule has 26 heavy (non-hydrogen) atoms. The number of hydrogen-bond acceptors (Lipinski definition) is 4. The molecule has 0 unspecified atom stereocenters. The van der Waals surface area contributed by atoms with Crippen LogP contribution in [0.3, 0.4) is 0 Å². The summed E-state index contributed by atoms with van der Waals surface area (Å²) in [6.45, 7) is 0.821. The fourth-order valence-electron chi connectivity index (χ4n) is 2.42. The molecular weight excluding hydrogens is 331 g/mol. The molecule has 0 aliphatic carbocycles. The molecule has 0 bridgehead atoms. The topological polar surface area (TPSA) is 66.9 Å². The molecule has 5 nitrogen and oxygen atoms in total. The smallest absolute Gasteiger partial charge is 0.271 e. The summed E-state index contributed by atoms with van der Waals surface area (Å²) in [7, 11) is 0. The lowest BCUT2D eigenvalue weighted by molar-refractivity contribution is 0.0949. The highest BCUT2D eigenvalue weighted by molar-refractivity contribution is 5.91. The van der Waals surface area contributed by atoms with E-state index < -0.39 is 0 Å². The van der Waals surface area contributed by atoms with Crippen LogP contribution in [0.1, 0.15) is 21.6 Å². The largest absolute Gasteiger partial charge is 0.365 e. The van der Waals surface area contributed by atoms with Gasteiger partial charge in [-0.05, 0) is 18.1 Å². The van der Waals surface area contributed by atoms with Gasteiger partial charge in [-0.25, -0.2) is 14.4 Å². The second-order valence-electron chi connectivity index (χ2n) is 5.72. The predicted octanol–water partition coefficient (Wildman–Crippen LogP) is 3.20. The number of carbonyl (C=O) groups is 1. The molecule has 0 aliphatic rings. The zero-order valence-corrected chi connectivity index (χ0v) is 14.2. The lowest BCUT2D eigenvalue weighted by atomic mass is 10.1. The minimum Gasteiger partial charge on any atom is -0.365 e. The number of aromatic nitrogens is 2. The van der Waals surface area contributed by atoms with Crippen molar-refractivity contribution < 1.29 is 9.18 Å². The van der Waals surface area contributed by atoms with Crippen LogP contribution in [0, 0.1) is 5.82 Å². The van der Waals surface area contributed by atoms with Gasteiger partial charge in [-0.15, -0.1) is 0 Å². The second kappa shape index (κ2) is 8.71. The maximum atomic E-state index is 13.6. The Morgan fingerprint density at radius 3 is 2.46 bits per heavy atom. The van der Waals surface area contributed by atoms with E-state index in [1.807, 2.05) is 30.3 Å². The maximum absolute atomic E-state index is 13.6. The Labute approximate surface area is 151 Å². The van der Waals surface area contributed by atoms with Gasteiger partial charge in [-0.2, -0.15) is 0 Å². The van der Waals surface area contributed by atoms with Crippen LogP contribution in [0.25, 0.3) is 0 Å². The van der Waals surface area contributed by atoms with E-state index in [0.29, 0.717) is 24.5 Å². The Morgan fingerprint density at radius 1 is 0.962 bits per heavy atom. The third kappa shape index (κ3) is 4.86. The molecule has 2 aromatic carbocycles. The molecule has 0 radical (unpaired) electrons. The lowest BCUT2D eigenvalue weighted by Crippen LogP contribution is -2.26. The summed E-state index contributed by atoms with van der Waals surface area (Å²) >= 11 is 0. The lowest BCUT2D eigenvalue weighted by Gasteiger charge is -2.07. The molecule has 0 saturated carbocycles. The first-order valence-electron chi connectivity index (χ1n) is 8.34. The Kier molecular flexibility index (Phi) is 5.88. The van der Waals surface area contributed by atoms with Gasteiger partial charge in [0.2, 0.25) is 0 Å². The summed E-state index contributed by atoms with van der Waals surface area (Å²) in [5, 5.41) is 5.81. The average Bonchev–Trinajstić information content (AvgIpc) is 2.68. The third-order valence-corrected chi connectivity index (χ3v) is 3.84. The molecule has 3 aromatic rings. The van der Waals surface area contributed by atoms with Crippen molar-refractivity contribution in [2.45, 2.75) is 13.0 Å². The van der Waals surface area contributed by atoms with Gasteiger partial charge >= 0.3 is 0 Å². The fraction of sp³-hybridized carbons (Fsp3) is 0.150. The van der Waals surface area contributed by atoms with E-state index in [1.165, 1.54) is 18.5 Å². The second-order valence-corrected chi connectivity index (χ2v) is 5.72. The monoisotopic (exact) mass is 350 g/mol. The molecule has 3 rings (SSSR count). The number of anilines is 1. The number of amides is 1. The highest BCUT2D eigenvalue weighted by Crippen LogP contribution is 2.09. The van der Waals surface area contributed by atoms with Gasteiger partial charge < -0.3 is 10.6 Å². The summed E-state index contributed by atoms with van der Waals surface area (Å²) in [5.74, 6) is -0.0643. The molecule has 1 aromatic heterocycles. The molecule has 2 N–H and O–H groups in total. The molecule has 6 heteroatoms. The van der Waals surface area contributed by atoms with Crippen LogP contribution in [-0.4, -0.2) is 22.4 Å². The Balaban J connectivity index is 1.49. The van der Waals surface area contributed by atoms with Crippen molar-refractivity contribution in [1.82, 2.24) is 15.3 Å². The summed E-state index contributed by atoms with van der Waals surface area (Å²) in [6.07, 6.45) is 3.62. The van der Waals surface area contributed by atoms with E-state index in [4.69, 9.17) is 0 Å². The van der Waals surface area contributed by atoms with Crippen LogP contribution in [0.5, 0.6) is 0 Å². The van der Waals surface area contributed by atoms with Gasteiger partial charge in [0.15, 0.2) is 0 Å². The fourth-order valence-corrected chi connectivity index (χ4v) is 2.42. The predicted molar refractivity (Wildman–Crippen MR) is 98.2 cm³/mol. The van der Waals surface area contributed by atoms with Crippen molar-refractivity contribution in [2.75, 3.05) is 11.9 Å². The van der Waals surface area contributed by atoms with E-state index in [-0.39, 0.29) is 17.4 Å². The molecule has 0 fully saturated rings. The number of halogens is 1. The first-order chi connectivity index (χ1) is 12.7. The van der Waals surface area contributed by atoms with E-state index >= 15 is 0 Å². The number of nitrogens with zero attached hydrogens (tertiary/aromatic N) is 2. The number of rotatable bonds is 7. The van der Waals surface area contributed by atoms with Crippen LogP contribution in [0.2, 0.25) is 0 Å². The summed E-state index contributed by atoms with van der Waals surface area (Å²) in [4.78, 5) is 20.3. The molecule has 0 spiro atoms. The van der Waals surface area contributed by atoms with Crippen molar-refractivity contribution in [3.8, 4) is 0 Å². The highest BCUT2D eigenvalue weighted by atomic mass is 19.1. The zero-order valence-electron chi connectivity index (χ0n) is 14.2. The minimum atomic E-state index is -0.276. The van der Waals surface area contributed by atoms with Crippen molar-refractivity contribution in [3.05, 3.63) is 89.6 Å². The van der Waals surface area contributed by atoms with Crippen molar-refractivity contribution >= 4 is 11.7 Å². The van der Waals surface area contributed by atoms with Crippen LogP contribution in [-0.2, 0) is 13.0 Å². The number of benzene rings is 2. The minimum absolute atomic E-state index is 0.245. The van der Waals surface area contributed by atoms with Crippen LogP contribution in [0.15, 0.2) is 67.0 Å². The standard InChI is InChI=1S/C20H19FN4O/c21-17-9-5-4-8-16(17)12-24-19-14-23-18(13-25-19)20(26)22-11-10-15-6-2-1-3-7-15/h1-9,13-14H,10-12H2,(H,22,26)(H,24,25). The Morgan fingerprint density at radius 2 is 1.73 bits per heavy atom. The van der Waals surface area contributed by atoms with Crippen LogP contribution >= 0.6 is 0 Å². The third-order valence-electron chi connectivity index (χ3n) is 3.84. The normalized spacial score (nSPS) is 10.3. The average molecular weight is 350 g/mol. The quantitative estimate of drug-likeness (QED) is 0.687. The summed E-state index contributed by atoms with van der Waals surface area (Å²) in [5.41, 5.74) is 1.94. The Bertz CT molecular complexity index is 853. The van der Waals surface area contributed by atoms with Gasteiger partial charge in [-0.3, -0.25) is 4.79 Å². The molecule has 1 amide bonds. The van der Waals surface area contributed by atoms with Gasteiger partial charge in [0.25, 0.3) is 5.91 Å². The molecule has 132 valence electrons. The highest BCUT2D eigenvalue weighted by Gasteiger charge is 2.08. The van der Waals surface area contributed by atoms with Crippen molar-refractivity contribution in [1.29, 1.82) is 0 Å². The summed E-state index contributed by atoms with van der Waals surface area (Å²) < 4.78 is 13.6. The SMILES string of the molecule is O=C(NCCc1ccccc1)c1cnc(NCc2ccccc2F)cn1. The van der Waals surface area contributed by atoms with E-state index in [1.54, 1.807) is 18.2 Å². The molecule has 0 saturated heterocycles. The van der Waals surface area contributed by atoms with Gasteiger partial charge in [0, 0.05) is 18.7 Å². The molecule has 1 heterocycles. The van der Waals surface area contributed by atoms with E-state index in [9.17, 15) is 9.18 Å². The summed E-state index contributed by atoms with van der Waals surface area (Å²) in [6, 6.07) is 16.4. The van der Waals surface area contributed by atoms with Gasteiger partial charge in [-0.1, -0.05) is 48.5 Å². The van der Waals surface area contributed by atoms with E-state index in [0.717, 1.165) is 12.0 Å². The zero-order chi connectivity index (χ0) is 18.2. The van der Waals surface area contributed by atoms with Crippen LogP contribution < -0.4 is 10.6 Å². The Hall–Kier alpha value is -3.28. The van der Waals surface area contributed by atoms with E-state index in [2.05, 4.69) is 20.6 Å². The first-order valence-corrected chi connectivity index (χ1v) is 8.34.